The fourth-order valence-electron chi connectivity index (χ4n) is 0.813. The Balaban J connectivity index is 0. The molecule has 2 N–H and O–H groups in total. The van der Waals surface area contributed by atoms with E-state index < -0.39 is 0 Å². The molecule has 1 heterocycles. The van der Waals surface area contributed by atoms with Crippen LogP contribution in [0.15, 0.2) is 18.3 Å². The van der Waals surface area contributed by atoms with Gasteiger partial charge in [0.15, 0.2) is 0 Å². The Hall–Kier alpha value is -0.510. The predicted molar refractivity (Wildman–Crippen MR) is 62.6 cm³/mol. The summed E-state index contributed by atoms with van der Waals surface area (Å²) in [4.78, 5) is 4.10. The summed E-state index contributed by atoms with van der Waals surface area (Å²) < 4.78 is 5.36. The molecular weight excluding hydrogens is 223 g/mol. The zero-order valence-electron chi connectivity index (χ0n) is 8.10. The molecule has 5 heteroatoms. The van der Waals surface area contributed by atoms with Crippen molar-refractivity contribution in [1.82, 2.24) is 4.98 Å². The Labute approximate surface area is 96.9 Å². The Morgan fingerprint density at radius 3 is 2.57 bits per heavy atom. The Kier molecular flexibility index (Phi) is 10.3. The van der Waals surface area contributed by atoms with Crippen LogP contribution in [0.4, 0.5) is 0 Å². The Bertz CT molecular complexity index is 229. The minimum Gasteiger partial charge on any atom is -0.492 e. The molecule has 0 aliphatic carbocycles. The predicted octanol–water partition coefficient (Wildman–Crippen LogP) is 1.96. The molecule has 0 aliphatic heterocycles. The number of nitrogens with two attached hydrogens (primary N) is 1. The van der Waals surface area contributed by atoms with Crippen molar-refractivity contribution in [3.05, 3.63) is 24.0 Å². The lowest BCUT2D eigenvalue weighted by Gasteiger charge is -2.03. The number of halogens is 2. The van der Waals surface area contributed by atoms with Gasteiger partial charge in [0, 0.05) is 5.69 Å². The van der Waals surface area contributed by atoms with Crippen molar-refractivity contribution < 1.29 is 4.74 Å². The van der Waals surface area contributed by atoms with Gasteiger partial charge < -0.3 is 10.5 Å². The molecule has 1 aromatic rings. The minimum atomic E-state index is 0. The number of hydrogen-bond donors (Lipinski definition) is 1. The van der Waals surface area contributed by atoms with Crippen LogP contribution in [0.2, 0.25) is 0 Å². The van der Waals surface area contributed by atoms with Crippen LogP contribution in [-0.2, 0) is 0 Å². The van der Waals surface area contributed by atoms with Gasteiger partial charge in [-0.15, -0.1) is 24.8 Å². The minimum absolute atomic E-state index is 0. The summed E-state index contributed by atoms with van der Waals surface area (Å²) in [6.07, 6.45) is 2.61. The highest BCUT2D eigenvalue weighted by Gasteiger charge is 1.92. The van der Waals surface area contributed by atoms with Crippen LogP contribution < -0.4 is 10.5 Å². The molecule has 0 saturated carbocycles. The van der Waals surface area contributed by atoms with Gasteiger partial charge in [-0.05, 0) is 32.0 Å². The van der Waals surface area contributed by atoms with Gasteiger partial charge >= 0.3 is 0 Å². The van der Waals surface area contributed by atoms with Gasteiger partial charge in [0.1, 0.15) is 5.75 Å². The summed E-state index contributed by atoms with van der Waals surface area (Å²) in [6, 6.07) is 3.84. The van der Waals surface area contributed by atoms with Crippen LogP contribution in [0.25, 0.3) is 0 Å². The zero-order valence-corrected chi connectivity index (χ0v) is 9.74. The molecular formula is C9H16Cl2N2O. The lowest BCUT2D eigenvalue weighted by molar-refractivity contribution is 0.312. The van der Waals surface area contributed by atoms with E-state index in [-0.39, 0.29) is 24.8 Å². The topological polar surface area (TPSA) is 48.1 Å². The van der Waals surface area contributed by atoms with E-state index in [0.717, 1.165) is 17.9 Å². The standard InChI is InChI=1S/C9H14N2O.2ClH/c1-8-3-4-9(7-11-8)12-6-2-5-10;;/h3-4,7H,2,5-6,10H2,1H3;2*1H. The average molecular weight is 239 g/mol. The fraction of sp³-hybridized carbons (Fsp3) is 0.444. The average Bonchev–Trinajstić information content (AvgIpc) is 2.09. The van der Waals surface area contributed by atoms with Gasteiger partial charge in [-0.1, -0.05) is 0 Å². The van der Waals surface area contributed by atoms with E-state index in [1.54, 1.807) is 6.20 Å². The van der Waals surface area contributed by atoms with E-state index in [1.807, 2.05) is 19.1 Å². The highest BCUT2D eigenvalue weighted by molar-refractivity contribution is 5.85. The van der Waals surface area contributed by atoms with Crippen molar-refractivity contribution in [3.8, 4) is 5.75 Å². The smallest absolute Gasteiger partial charge is 0.137 e. The summed E-state index contributed by atoms with van der Waals surface area (Å²) in [5, 5.41) is 0. The maximum atomic E-state index is 5.36. The summed E-state index contributed by atoms with van der Waals surface area (Å²) in [7, 11) is 0. The first-order chi connectivity index (χ1) is 5.83. The van der Waals surface area contributed by atoms with Crippen molar-refractivity contribution >= 4 is 24.8 Å². The van der Waals surface area contributed by atoms with Crippen molar-refractivity contribution in [3.63, 3.8) is 0 Å². The molecule has 0 unspecified atom stereocenters. The number of aromatic nitrogens is 1. The first-order valence-corrected chi connectivity index (χ1v) is 4.08. The van der Waals surface area contributed by atoms with Crippen molar-refractivity contribution in [2.45, 2.75) is 13.3 Å². The second-order valence-electron chi connectivity index (χ2n) is 2.63. The first kappa shape index (κ1) is 15.9. The molecule has 3 nitrogen and oxygen atoms in total. The number of ether oxygens (including phenoxy) is 1. The second kappa shape index (κ2) is 9.06. The normalized spacial score (nSPS) is 8.43. The van der Waals surface area contributed by atoms with Crippen LogP contribution in [0.3, 0.4) is 0 Å². The molecule has 1 rings (SSSR count). The molecule has 0 atom stereocenters. The van der Waals surface area contributed by atoms with E-state index in [4.69, 9.17) is 10.5 Å². The summed E-state index contributed by atoms with van der Waals surface area (Å²) in [5.74, 6) is 0.814. The fourth-order valence-corrected chi connectivity index (χ4v) is 0.813. The lowest BCUT2D eigenvalue weighted by atomic mass is 10.4. The molecule has 82 valence electrons. The molecule has 0 aromatic carbocycles. The highest BCUT2D eigenvalue weighted by atomic mass is 35.5. The summed E-state index contributed by atoms with van der Waals surface area (Å²) in [5.41, 5.74) is 6.32. The van der Waals surface area contributed by atoms with Gasteiger partial charge in [0.25, 0.3) is 0 Å². The quantitative estimate of drug-likeness (QED) is 0.817. The van der Waals surface area contributed by atoms with Gasteiger partial charge in [0.2, 0.25) is 0 Å². The van der Waals surface area contributed by atoms with Crippen molar-refractivity contribution in [2.24, 2.45) is 5.73 Å². The maximum Gasteiger partial charge on any atom is 0.137 e. The summed E-state index contributed by atoms with van der Waals surface area (Å²) in [6.45, 7) is 3.28. The van der Waals surface area contributed by atoms with Crippen LogP contribution in [-0.4, -0.2) is 18.1 Å². The number of nitrogens with zero attached hydrogens (tertiary/aromatic N) is 1. The van der Waals surface area contributed by atoms with E-state index in [2.05, 4.69) is 4.98 Å². The Morgan fingerprint density at radius 2 is 2.07 bits per heavy atom. The molecule has 0 radical (unpaired) electrons. The van der Waals surface area contributed by atoms with Gasteiger partial charge in [-0.2, -0.15) is 0 Å². The summed E-state index contributed by atoms with van der Waals surface area (Å²) >= 11 is 0. The monoisotopic (exact) mass is 238 g/mol. The molecule has 1 aromatic heterocycles. The van der Waals surface area contributed by atoms with Crippen LogP contribution in [0.5, 0.6) is 5.75 Å². The lowest BCUT2D eigenvalue weighted by Crippen LogP contribution is -2.06. The van der Waals surface area contributed by atoms with E-state index in [1.165, 1.54) is 0 Å². The molecule has 0 fully saturated rings. The third kappa shape index (κ3) is 6.02. The van der Waals surface area contributed by atoms with Crippen LogP contribution >= 0.6 is 24.8 Å². The first-order valence-electron chi connectivity index (χ1n) is 4.08. The third-order valence-corrected chi connectivity index (χ3v) is 1.50. The third-order valence-electron chi connectivity index (χ3n) is 1.50. The number of pyridine rings is 1. The molecule has 0 spiro atoms. The maximum absolute atomic E-state index is 5.36. The SMILES string of the molecule is Cc1ccc(OCCCN)cn1.Cl.Cl. The number of hydrogen-bond acceptors (Lipinski definition) is 3. The van der Waals surface area contributed by atoms with Crippen molar-refractivity contribution in [1.29, 1.82) is 0 Å². The van der Waals surface area contributed by atoms with Crippen molar-refractivity contribution in [2.75, 3.05) is 13.2 Å². The van der Waals surface area contributed by atoms with Crippen LogP contribution in [0.1, 0.15) is 12.1 Å². The van der Waals surface area contributed by atoms with E-state index >= 15 is 0 Å². The molecule has 0 bridgehead atoms. The molecule has 0 aliphatic rings. The number of aryl methyl sites for hydroxylation is 1. The second-order valence-corrected chi connectivity index (χ2v) is 2.63. The van der Waals surface area contributed by atoms with E-state index in [0.29, 0.717) is 13.2 Å². The Morgan fingerprint density at radius 1 is 1.36 bits per heavy atom. The van der Waals surface area contributed by atoms with Gasteiger partial charge in [-0.25, -0.2) is 0 Å². The molecule has 0 saturated heterocycles. The van der Waals surface area contributed by atoms with Gasteiger partial charge in [0.05, 0.1) is 12.8 Å². The molecule has 0 amide bonds. The largest absolute Gasteiger partial charge is 0.492 e. The molecule has 14 heavy (non-hydrogen) atoms. The van der Waals surface area contributed by atoms with Crippen LogP contribution in [0, 0.1) is 6.92 Å². The van der Waals surface area contributed by atoms with E-state index in [9.17, 15) is 0 Å². The van der Waals surface area contributed by atoms with Gasteiger partial charge in [-0.3, -0.25) is 4.98 Å². The zero-order chi connectivity index (χ0) is 8.81. The number of rotatable bonds is 4. The highest BCUT2D eigenvalue weighted by Crippen LogP contribution is 2.08.